The zero-order chi connectivity index (χ0) is 67.5. The van der Waals surface area contributed by atoms with Crippen LogP contribution in [0.2, 0.25) is 0 Å². The lowest BCUT2D eigenvalue weighted by atomic mass is 10.0. The van der Waals surface area contributed by atoms with E-state index in [1.54, 1.807) is 0 Å². The smallest absolute Gasteiger partial charge is 0.306 e. The second-order valence-electron chi connectivity index (χ2n) is 26.2. The molecule has 0 spiro atoms. The fourth-order valence-electron chi connectivity index (χ4n) is 10.4. The number of hydrogen-bond donors (Lipinski definition) is 0. The lowest BCUT2D eigenvalue weighted by Crippen LogP contribution is -2.44. The second-order valence-corrected chi connectivity index (χ2v) is 26.2. The fraction of sp³-hybridized carbons (Fsp3) is 0.679. The molecule has 0 aliphatic rings. The highest BCUT2D eigenvalue weighted by atomic mass is 16.7. The van der Waals surface area contributed by atoms with Crippen molar-refractivity contribution < 1.29 is 42.9 Å². The van der Waals surface area contributed by atoms with Crippen LogP contribution in [0.5, 0.6) is 0 Å². The van der Waals surface area contributed by atoms with E-state index in [1.165, 1.54) is 154 Å². The highest BCUT2D eigenvalue weighted by Gasteiger charge is 2.22. The number of carbonyl (C=O) groups is 3. The lowest BCUT2D eigenvalue weighted by molar-refractivity contribution is -0.870. The third-order valence-electron chi connectivity index (χ3n) is 16.1. The number of carboxylic acid groups (broad SMARTS) is 1. The van der Waals surface area contributed by atoms with Crippen LogP contribution in [-0.2, 0) is 33.3 Å². The first-order valence-electron chi connectivity index (χ1n) is 38.0. The molecule has 9 nitrogen and oxygen atoms in total. The number of carbonyl (C=O) groups excluding carboxylic acids is 3. The van der Waals surface area contributed by atoms with Crippen LogP contribution in [0.25, 0.3) is 0 Å². The maximum Gasteiger partial charge on any atom is 0.306 e. The molecule has 0 aromatic carbocycles. The second kappa shape index (κ2) is 73.0. The Morgan fingerprint density at radius 2 is 0.581 bits per heavy atom. The fourth-order valence-corrected chi connectivity index (χ4v) is 10.4. The van der Waals surface area contributed by atoms with Crippen LogP contribution < -0.4 is 5.11 Å². The number of carboxylic acids is 1. The van der Waals surface area contributed by atoms with Crippen molar-refractivity contribution >= 4 is 17.9 Å². The van der Waals surface area contributed by atoms with Gasteiger partial charge >= 0.3 is 11.9 Å². The van der Waals surface area contributed by atoms with E-state index in [9.17, 15) is 19.5 Å². The van der Waals surface area contributed by atoms with Crippen LogP contribution in [-0.4, -0.2) is 82.3 Å². The SMILES string of the molecule is CC/C=C\C/C=C\C/C=C\C/C=C\C/C=C\C/C=C\C/C=C\CCCCCCCCCCCC(=O)OC(COC(=O)CCCCCCCCCCCCCCCCCCCCCCC/C=C\C/C=C\C/C=C\C/C=C\C/C=C\CC)COC(OCC[N+](C)(C)C)C(=O)[O-]. The molecule has 0 heterocycles. The van der Waals surface area contributed by atoms with Gasteiger partial charge in [0.15, 0.2) is 12.4 Å². The zero-order valence-corrected chi connectivity index (χ0v) is 60.6. The Hall–Kier alpha value is -4.83. The van der Waals surface area contributed by atoms with Crippen molar-refractivity contribution in [3.05, 3.63) is 146 Å². The van der Waals surface area contributed by atoms with Crippen molar-refractivity contribution in [2.45, 2.75) is 322 Å². The molecule has 0 aliphatic heterocycles. The minimum Gasteiger partial charge on any atom is -0.545 e. The van der Waals surface area contributed by atoms with Crippen molar-refractivity contribution in [2.75, 3.05) is 47.5 Å². The first-order chi connectivity index (χ1) is 45.6. The van der Waals surface area contributed by atoms with Crippen molar-refractivity contribution in [3.8, 4) is 0 Å². The zero-order valence-electron chi connectivity index (χ0n) is 60.6. The maximum absolute atomic E-state index is 13.0. The molecule has 0 amide bonds. The molecule has 0 fully saturated rings. The summed E-state index contributed by atoms with van der Waals surface area (Å²) in [5.74, 6) is -2.29. The topological polar surface area (TPSA) is 111 Å². The number of hydrogen-bond acceptors (Lipinski definition) is 8. The van der Waals surface area contributed by atoms with E-state index in [0.717, 1.165) is 122 Å². The molecule has 0 aromatic rings. The van der Waals surface area contributed by atoms with Gasteiger partial charge in [-0.3, -0.25) is 9.59 Å². The standard InChI is InChI=1S/C84H141NO8/c1-6-8-10-12-14-16-18-20-22-24-26-28-30-32-34-36-38-39-40-41-42-43-45-46-48-50-52-54-56-58-60-62-64-66-68-70-72-74-81(86)91-78-80(79-92-84(83(88)89)90-77-76-85(3,4)5)93-82(87)75-73-71-69-67-65-63-61-59-57-55-53-51-49-47-44-37-35-33-31-29-27-25-23-21-19-17-15-13-11-9-7-2/h8-11,14-17,20-23,26-29,32-35,44,47,51,53,80,84H,6-7,12-13,18-19,24-25,30-31,36-43,45-46,48-50,52,54-79H2,1-5H3/b10-8-,11-9-,16-14-,17-15-,22-20-,23-21-,28-26-,29-27-,34-32-,35-33-,47-44-,53-51-. The predicted molar refractivity (Wildman–Crippen MR) is 398 cm³/mol. The van der Waals surface area contributed by atoms with Gasteiger partial charge in [0, 0.05) is 12.8 Å². The molecule has 0 N–H and O–H groups in total. The molecular weight excluding hydrogens is 1150 g/mol. The van der Waals surface area contributed by atoms with Crippen LogP contribution in [0.1, 0.15) is 309 Å². The highest BCUT2D eigenvalue weighted by molar-refractivity contribution is 5.70. The quantitative estimate of drug-likeness (QED) is 0.0195. The normalized spacial score (nSPS) is 13.5. The molecule has 0 saturated carbocycles. The van der Waals surface area contributed by atoms with Crippen LogP contribution in [0.15, 0.2) is 146 Å². The number of likely N-dealkylation sites (N-methyl/N-ethyl adjacent to an activating group) is 1. The Morgan fingerprint density at radius 1 is 0.323 bits per heavy atom. The van der Waals surface area contributed by atoms with Crippen molar-refractivity contribution in [1.29, 1.82) is 0 Å². The minimum absolute atomic E-state index is 0.141. The molecule has 0 radical (unpaired) electrons. The van der Waals surface area contributed by atoms with Gasteiger partial charge in [0.1, 0.15) is 13.2 Å². The van der Waals surface area contributed by atoms with Gasteiger partial charge in [-0.25, -0.2) is 0 Å². The molecule has 2 unspecified atom stereocenters. The largest absolute Gasteiger partial charge is 0.545 e. The van der Waals surface area contributed by atoms with Gasteiger partial charge < -0.3 is 33.3 Å². The van der Waals surface area contributed by atoms with Crippen LogP contribution >= 0.6 is 0 Å². The summed E-state index contributed by atoms with van der Waals surface area (Å²) in [4.78, 5) is 37.6. The molecule has 0 rings (SSSR count). The summed E-state index contributed by atoms with van der Waals surface area (Å²) in [5, 5.41) is 11.9. The molecular formula is C84H141NO8. The summed E-state index contributed by atoms with van der Waals surface area (Å²) in [7, 11) is 5.93. The number of unbranched alkanes of at least 4 members (excludes halogenated alkanes) is 30. The Kier molecular flexibility index (Phi) is 69.2. The Labute approximate surface area is 572 Å². The summed E-state index contributed by atoms with van der Waals surface area (Å²) in [6.45, 7) is 4.53. The van der Waals surface area contributed by atoms with Crippen molar-refractivity contribution in [1.82, 2.24) is 0 Å². The number of ether oxygens (including phenoxy) is 4. The monoisotopic (exact) mass is 1290 g/mol. The number of rotatable bonds is 69. The molecule has 530 valence electrons. The summed E-state index contributed by atoms with van der Waals surface area (Å²) in [5.41, 5.74) is 0. The first kappa shape index (κ1) is 88.2. The molecule has 0 saturated heterocycles. The van der Waals surface area contributed by atoms with Crippen LogP contribution in [0.3, 0.4) is 0 Å². The Balaban J connectivity index is 4.08. The number of esters is 2. The minimum atomic E-state index is -1.63. The molecule has 0 aromatic heterocycles. The lowest BCUT2D eigenvalue weighted by Gasteiger charge is -2.26. The van der Waals surface area contributed by atoms with Gasteiger partial charge in [-0.05, 0) is 116 Å². The Morgan fingerprint density at radius 3 is 0.860 bits per heavy atom. The van der Waals surface area contributed by atoms with E-state index >= 15 is 0 Å². The van der Waals surface area contributed by atoms with E-state index in [2.05, 4.69) is 160 Å². The van der Waals surface area contributed by atoms with Gasteiger partial charge in [-0.1, -0.05) is 327 Å². The van der Waals surface area contributed by atoms with Crippen molar-refractivity contribution in [3.63, 3.8) is 0 Å². The van der Waals surface area contributed by atoms with Gasteiger partial charge in [-0.2, -0.15) is 0 Å². The average molecular weight is 1290 g/mol. The van der Waals surface area contributed by atoms with Gasteiger partial charge in [0.2, 0.25) is 0 Å². The molecule has 0 aliphatic carbocycles. The van der Waals surface area contributed by atoms with E-state index in [1.807, 2.05) is 21.1 Å². The third kappa shape index (κ3) is 74.4. The van der Waals surface area contributed by atoms with Crippen LogP contribution in [0, 0.1) is 0 Å². The van der Waals surface area contributed by atoms with Gasteiger partial charge in [-0.15, -0.1) is 0 Å². The van der Waals surface area contributed by atoms with E-state index in [-0.39, 0.29) is 38.6 Å². The number of quaternary nitrogens is 1. The maximum atomic E-state index is 13.0. The first-order valence-corrected chi connectivity index (χ1v) is 38.0. The molecule has 93 heavy (non-hydrogen) atoms. The Bertz CT molecular complexity index is 2040. The molecule has 2 atom stereocenters. The average Bonchev–Trinajstić information content (AvgIpc) is 3.38. The van der Waals surface area contributed by atoms with Gasteiger partial charge in [0.25, 0.3) is 0 Å². The highest BCUT2D eigenvalue weighted by Crippen LogP contribution is 2.18. The van der Waals surface area contributed by atoms with Gasteiger partial charge in [0.05, 0.1) is 40.3 Å². The third-order valence-corrected chi connectivity index (χ3v) is 16.1. The predicted octanol–water partition coefficient (Wildman–Crippen LogP) is 22.9. The molecule has 0 bridgehead atoms. The number of allylic oxidation sites excluding steroid dienone is 24. The van der Waals surface area contributed by atoms with Crippen LogP contribution in [0.4, 0.5) is 0 Å². The number of nitrogens with zero attached hydrogens (tertiary/aromatic N) is 1. The molecule has 9 heteroatoms. The van der Waals surface area contributed by atoms with E-state index < -0.39 is 24.3 Å². The van der Waals surface area contributed by atoms with E-state index in [4.69, 9.17) is 18.9 Å². The van der Waals surface area contributed by atoms with Crippen molar-refractivity contribution in [2.24, 2.45) is 0 Å². The summed E-state index contributed by atoms with van der Waals surface area (Å²) >= 11 is 0. The number of aliphatic carboxylic acids is 1. The summed E-state index contributed by atoms with van der Waals surface area (Å²) < 4.78 is 22.8. The summed E-state index contributed by atoms with van der Waals surface area (Å²) in [6.07, 6.45) is 104. The van der Waals surface area contributed by atoms with E-state index in [0.29, 0.717) is 17.4 Å². The summed E-state index contributed by atoms with van der Waals surface area (Å²) in [6, 6.07) is 0.